The van der Waals surface area contributed by atoms with E-state index < -0.39 is 29.7 Å². The quantitative estimate of drug-likeness (QED) is 0.679. The average Bonchev–Trinajstić information content (AvgIpc) is 2.52. The fourth-order valence-corrected chi connectivity index (χ4v) is 1.73. The van der Waals surface area contributed by atoms with Crippen molar-refractivity contribution in [3.05, 3.63) is 35.9 Å². The molecule has 3 N–H and O–H groups in total. The lowest BCUT2D eigenvalue weighted by Crippen LogP contribution is -2.46. The highest BCUT2D eigenvalue weighted by Crippen LogP contribution is 2.05. The van der Waals surface area contributed by atoms with Crippen molar-refractivity contribution in [2.24, 2.45) is 5.92 Å². The molecule has 0 aromatic heterocycles. The van der Waals surface area contributed by atoms with Crippen molar-refractivity contribution in [3.63, 3.8) is 0 Å². The SMILES string of the molecule is C[C@@H](C#N)C[C@H](NC(=O)CNC(=O)c1ccccc1)C(=O)O. The maximum Gasteiger partial charge on any atom is 0.326 e. The van der Waals surface area contributed by atoms with E-state index in [1.807, 2.05) is 6.07 Å². The Bertz CT molecular complexity index is 580. The van der Waals surface area contributed by atoms with Crippen LogP contribution >= 0.6 is 0 Å². The third-order valence-electron chi connectivity index (χ3n) is 2.89. The number of rotatable bonds is 7. The van der Waals surface area contributed by atoms with Crippen LogP contribution in [0.5, 0.6) is 0 Å². The summed E-state index contributed by atoms with van der Waals surface area (Å²) in [6, 6.07) is 9.10. The van der Waals surface area contributed by atoms with E-state index in [1.54, 1.807) is 37.3 Å². The molecule has 0 spiro atoms. The van der Waals surface area contributed by atoms with Crippen molar-refractivity contribution >= 4 is 17.8 Å². The molecule has 0 saturated heterocycles. The summed E-state index contributed by atoms with van der Waals surface area (Å²) in [6.07, 6.45) is 0.00417. The average molecular weight is 303 g/mol. The molecule has 0 unspecified atom stereocenters. The van der Waals surface area contributed by atoms with Gasteiger partial charge in [0.2, 0.25) is 5.91 Å². The van der Waals surface area contributed by atoms with Crippen LogP contribution in [-0.4, -0.2) is 35.5 Å². The fourth-order valence-electron chi connectivity index (χ4n) is 1.73. The summed E-state index contributed by atoms with van der Waals surface area (Å²) in [6.45, 7) is 1.23. The first-order chi connectivity index (χ1) is 10.4. The number of nitriles is 1. The normalized spacial score (nSPS) is 12.5. The number of amides is 2. The van der Waals surface area contributed by atoms with E-state index in [0.717, 1.165) is 0 Å². The van der Waals surface area contributed by atoms with Gasteiger partial charge in [-0.1, -0.05) is 18.2 Å². The van der Waals surface area contributed by atoms with Crippen molar-refractivity contribution in [2.45, 2.75) is 19.4 Å². The Labute approximate surface area is 127 Å². The second-order valence-corrected chi connectivity index (χ2v) is 4.77. The second-order valence-electron chi connectivity index (χ2n) is 4.77. The molecule has 0 aliphatic carbocycles. The Kier molecular flexibility index (Phi) is 6.57. The van der Waals surface area contributed by atoms with Crippen molar-refractivity contribution in [2.75, 3.05) is 6.54 Å². The molecule has 7 heteroatoms. The van der Waals surface area contributed by atoms with Gasteiger partial charge < -0.3 is 15.7 Å². The Balaban J connectivity index is 2.49. The predicted molar refractivity (Wildman–Crippen MR) is 77.7 cm³/mol. The molecular weight excluding hydrogens is 286 g/mol. The Morgan fingerprint density at radius 2 is 1.91 bits per heavy atom. The fraction of sp³-hybridized carbons (Fsp3) is 0.333. The minimum Gasteiger partial charge on any atom is -0.480 e. The van der Waals surface area contributed by atoms with Crippen molar-refractivity contribution in [1.29, 1.82) is 5.26 Å². The number of benzene rings is 1. The van der Waals surface area contributed by atoms with Crippen LogP contribution in [0.3, 0.4) is 0 Å². The lowest BCUT2D eigenvalue weighted by Gasteiger charge is -2.15. The summed E-state index contributed by atoms with van der Waals surface area (Å²) in [5.41, 5.74) is 0.406. The van der Waals surface area contributed by atoms with Gasteiger partial charge in [-0.25, -0.2) is 4.79 Å². The number of carbonyl (C=O) groups excluding carboxylic acids is 2. The first-order valence-corrected chi connectivity index (χ1v) is 6.69. The minimum absolute atomic E-state index is 0.00417. The van der Waals surface area contributed by atoms with Crippen LogP contribution in [-0.2, 0) is 9.59 Å². The van der Waals surface area contributed by atoms with E-state index in [2.05, 4.69) is 10.6 Å². The van der Waals surface area contributed by atoms with Gasteiger partial charge in [0.15, 0.2) is 0 Å². The number of hydrogen-bond acceptors (Lipinski definition) is 4. The van der Waals surface area contributed by atoms with E-state index in [-0.39, 0.29) is 13.0 Å². The zero-order chi connectivity index (χ0) is 16.5. The second kappa shape index (κ2) is 8.42. The number of nitrogens with zero attached hydrogens (tertiary/aromatic N) is 1. The van der Waals surface area contributed by atoms with Crippen LogP contribution in [0.1, 0.15) is 23.7 Å². The predicted octanol–water partition coefficient (Wildman–Crippen LogP) is 0.536. The summed E-state index contributed by atoms with van der Waals surface area (Å²) >= 11 is 0. The topological polar surface area (TPSA) is 119 Å². The summed E-state index contributed by atoms with van der Waals surface area (Å²) in [7, 11) is 0. The van der Waals surface area contributed by atoms with Crippen molar-refractivity contribution in [1.82, 2.24) is 10.6 Å². The van der Waals surface area contributed by atoms with Gasteiger partial charge in [0.05, 0.1) is 12.6 Å². The third kappa shape index (κ3) is 5.63. The van der Waals surface area contributed by atoms with Crippen LogP contribution in [0.15, 0.2) is 30.3 Å². The number of carboxylic acid groups (broad SMARTS) is 1. The highest BCUT2D eigenvalue weighted by atomic mass is 16.4. The zero-order valence-corrected chi connectivity index (χ0v) is 12.1. The van der Waals surface area contributed by atoms with E-state index in [9.17, 15) is 14.4 Å². The van der Waals surface area contributed by atoms with Crippen LogP contribution in [0.4, 0.5) is 0 Å². The van der Waals surface area contributed by atoms with Crippen molar-refractivity contribution < 1.29 is 19.5 Å². The lowest BCUT2D eigenvalue weighted by molar-refractivity contribution is -0.142. The van der Waals surface area contributed by atoms with Gasteiger partial charge in [-0.2, -0.15) is 5.26 Å². The van der Waals surface area contributed by atoms with Gasteiger partial charge in [-0.3, -0.25) is 9.59 Å². The molecule has 0 fully saturated rings. The van der Waals surface area contributed by atoms with Gasteiger partial charge in [-0.05, 0) is 25.5 Å². The molecule has 0 aliphatic heterocycles. The molecule has 0 heterocycles. The highest BCUT2D eigenvalue weighted by Gasteiger charge is 2.22. The highest BCUT2D eigenvalue weighted by molar-refractivity contribution is 5.96. The maximum atomic E-state index is 11.7. The molecule has 1 rings (SSSR count). The summed E-state index contributed by atoms with van der Waals surface area (Å²) in [4.78, 5) is 34.5. The standard InChI is InChI=1S/C15H17N3O4/c1-10(8-16)7-12(15(21)22)18-13(19)9-17-14(20)11-5-3-2-4-6-11/h2-6,10,12H,7,9H2,1H3,(H,17,20)(H,18,19)(H,21,22)/t10-,12+/m1/s1. The molecule has 22 heavy (non-hydrogen) atoms. The number of hydrogen-bond donors (Lipinski definition) is 3. The number of carbonyl (C=O) groups is 3. The molecule has 0 bridgehead atoms. The number of nitrogens with one attached hydrogen (secondary N) is 2. The zero-order valence-electron chi connectivity index (χ0n) is 12.1. The number of carboxylic acids is 1. The van der Waals surface area contributed by atoms with Crippen LogP contribution in [0, 0.1) is 17.2 Å². The first-order valence-electron chi connectivity index (χ1n) is 6.69. The van der Waals surface area contributed by atoms with Gasteiger partial charge in [0.1, 0.15) is 6.04 Å². The van der Waals surface area contributed by atoms with E-state index in [4.69, 9.17) is 10.4 Å². The molecule has 0 saturated carbocycles. The summed E-state index contributed by atoms with van der Waals surface area (Å²) in [5, 5.41) is 22.4. The van der Waals surface area contributed by atoms with Crippen molar-refractivity contribution in [3.8, 4) is 6.07 Å². The lowest BCUT2D eigenvalue weighted by atomic mass is 10.0. The molecule has 2 amide bonds. The Morgan fingerprint density at radius 1 is 1.27 bits per heavy atom. The molecular formula is C15H17N3O4. The van der Waals surface area contributed by atoms with Gasteiger partial charge in [0.25, 0.3) is 5.91 Å². The Hall–Kier alpha value is -2.88. The van der Waals surface area contributed by atoms with E-state index in [0.29, 0.717) is 5.56 Å². The molecule has 0 aliphatic rings. The molecule has 7 nitrogen and oxygen atoms in total. The molecule has 0 radical (unpaired) electrons. The smallest absolute Gasteiger partial charge is 0.326 e. The van der Waals surface area contributed by atoms with E-state index >= 15 is 0 Å². The first kappa shape index (κ1) is 17.2. The number of aliphatic carboxylic acids is 1. The molecule has 1 aromatic carbocycles. The van der Waals surface area contributed by atoms with Gasteiger partial charge >= 0.3 is 5.97 Å². The molecule has 1 aromatic rings. The summed E-state index contributed by atoms with van der Waals surface area (Å²) in [5.74, 6) is -2.76. The van der Waals surface area contributed by atoms with Crippen LogP contribution in [0.25, 0.3) is 0 Å². The van der Waals surface area contributed by atoms with E-state index in [1.165, 1.54) is 0 Å². The summed E-state index contributed by atoms with van der Waals surface area (Å²) < 4.78 is 0. The minimum atomic E-state index is -1.22. The van der Waals surface area contributed by atoms with Crippen LogP contribution in [0.2, 0.25) is 0 Å². The van der Waals surface area contributed by atoms with Gasteiger partial charge in [-0.15, -0.1) is 0 Å². The monoisotopic (exact) mass is 303 g/mol. The third-order valence-corrected chi connectivity index (χ3v) is 2.89. The molecule has 116 valence electrons. The largest absolute Gasteiger partial charge is 0.480 e. The molecule has 2 atom stereocenters. The maximum absolute atomic E-state index is 11.7. The van der Waals surface area contributed by atoms with Gasteiger partial charge in [0, 0.05) is 11.5 Å². The van der Waals surface area contributed by atoms with Crippen LogP contribution < -0.4 is 10.6 Å². The Morgan fingerprint density at radius 3 is 2.45 bits per heavy atom.